The zero-order chi connectivity index (χ0) is 27.0. The number of anilines is 1. The van der Waals surface area contributed by atoms with Gasteiger partial charge in [0, 0.05) is 17.8 Å². The Morgan fingerprint density at radius 3 is 2.14 bits per heavy atom. The van der Waals surface area contributed by atoms with E-state index in [1.807, 2.05) is 0 Å². The van der Waals surface area contributed by atoms with Crippen LogP contribution in [0.15, 0.2) is 48.5 Å². The van der Waals surface area contributed by atoms with Crippen molar-refractivity contribution in [1.29, 1.82) is 0 Å². The van der Waals surface area contributed by atoms with Gasteiger partial charge in [-0.3, -0.25) is 9.59 Å². The molecule has 0 spiro atoms. The van der Waals surface area contributed by atoms with Crippen LogP contribution in [0.1, 0.15) is 53.1 Å². The Hall–Kier alpha value is -3.75. The van der Waals surface area contributed by atoms with Crippen molar-refractivity contribution in [2.45, 2.75) is 59.2 Å². The van der Waals surface area contributed by atoms with Crippen LogP contribution < -0.4 is 15.4 Å². The number of phenols is 1. The Bertz CT molecular complexity index is 1050. The van der Waals surface area contributed by atoms with Gasteiger partial charge in [0.05, 0.1) is 7.11 Å². The average molecular weight is 500 g/mol. The summed E-state index contributed by atoms with van der Waals surface area (Å²) in [5.41, 5.74) is 0.0194. The number of amides is 3. The molecule has 2 unspecified atom stereocenters. The highest BCUT2D eigenvalue weighted by Crippen LogP contribution is 2.31. The van der Waals surface area contributed by atoms with Crippen molar-refractivity contribution in [3.05, 3.63) is 54.1 Å². The lowest BCUT2D eigenvalue weighted by atomic mass is 9.98. The van der Waals surface area contributed by atoms with Crippen LogP contribution in [0.3, 0.4) is 0 Å². The number of aromatic hydroxyl groups is 1. The Labute approximate surface area is 212 Å². The number of phenolic OH excluding ortho intramolecular Hbond substituents is 1. The molecule has 0 bridgehead atoms. The summed E-state index contributed by atoms with van der Waals surface area (Å²) in [7, 11) is 1.54. The SMILES string of the molecule is CCN(C(=O)C(NC(=O)OC(C)(C)C)C(C)C)C(C(=O)Nc1ccc(OC)cc1)c1ccccc1O. The third-order valence-electron chi connectivity index (χ3n) is 5.38. The summed E-state index contributed by atoms with van der Waals surface area (Å²) in [6.45, 7) is 10.7. The number of carbonyl (C=O) groups is 3. The smallest absolute Gasteiger partial charge is 0.408 e. The summed E-state index contributed by atoms with van der Waals surface area (Å²) >= 11 is 0. The zero-order valence-electron chi connectivity index (χ0n) is 22.0. The normalized spacial score (nSPS) is 12.9. The fourth-order valence-electron chi connectivity index (χ4n) is 3.65. The number of nitrogens with one attached hydrogen (secondary N) is 2. The van der Waals surface area contributed by atoms with Crippen LogP contribution in [-0.4, -0.2) is 53.2 Å². The molecule has 0 aliphatic carbocycles. The average Bonchev–Trinajstić information content (AvgIpc) is 2.80. The quantitative estimate of drug-likeness (QED) is 0.468. The van der Waals surface area contributed by atoms with Crippen molar-refractivity contribution < 1.29 is 29.0 Å². The van der Waals surface area contributed by atoms with Crippen molar-refractivity contribution in [2.24, 2.45) is 5.92 Å². The summed E-state index contributed by atoms with van der Waals surface area (Å²) in [5, 5.41) is 16.1. The predicted octanol–water partition coefficient (Wildman–Crippen LogP) is 4.48. The molecule has 0 saturated carbocycles. The number of ether oxygens (including phenoxy) is 2. The zero-order valence-corrected chi connectivity index (χ0v) is 22.0. The fourth-order valence-corrected chi connectivity index (χ4v) is 3.65. The summed E-state index contributed by atoms with van der Waals surface area (Å²) in [6.07, 6.45) is -0.729. The maximum Gasteiger partial charge on any atom is 0.408 e. The van der Waals surface area contributed by atoms with Gasteiger partial charge in [-0.1, -0.05) is 32.0 Å². The molecular weight excluding hydrogens is 462 g/mol. The van der Waals surface area contributed by atoms with Gasteiger partial charge in [-0.05, 0) is 63.9 Å². The molecule has 0 radical (unpaired) electrons. The molecular formula is C27H37N3O6. The number of hydrogen-bond donors (Lipinski definition) is 3. The first-order valence-electron chi connectivity index (χ1n) is 11.9. The van der Waals surface area contributed by atoms with Crippen molar-refractivity contribution in [3.63, 3.8) is 0 Å². The topological polar surface area (TPSA) is 117 Å². The highest BCUT2D eigenvalue weighted by Gasteiger charge is 2.37. The lowest BCUT2D eigenvalue weighted by Crippen LogP contribution is -2.54. The minimum atomic E-state index is -1.16. The van der Waals surface area contributed by atoms with Gasteiger partial charge < -0.3 is 30.1 Å². The minimum absolute atomic E-state index is 0.125. The number of carbonyl (C=O) groups excluding carboxylic acids is 3. The predicted molar refractivity (Wildman–Crippen MR) is 138 cm³/mol. The number of alkyl carbamates (subject to hydrolysis) is 1. The number of likely N-dealkylation sites (N-methyl/N-ethyl adjacent to an activating group) is 1. The number of rotatable bonds is 9. The van der Waals surface area contributed by atoms with E-state index in [-0.39, 0.29) is 23.8 Å². The van der Waals surface area contributed by atoms with E-state index in [2.05, 4.69) is 10.6 Å². The first-order valence-corrected chi connectivity index (χ1v) is 11.9. The van der Waals surface area contributed by atoms with Gasteiger partial charge in [0.2, 0.25) is 5.91 Å². The number of para-hydroxylation sites is 1. The van der Waals surface area contributed by atoms with E-state index in [1.165, 1.54) is 11.0 Å². The largest absolute Gasteiger partial charge is 0.508 e. The van der Waals surface area contributed by atoms with E-state index in [1.54, 1.807) is 91.1 Å². The van der Waals surface area contributed by atoms with E-state index >= 15 is 0 Å². The van der Waals surface area contributed by atoms with Gasteiger partial charge in [-0.2, -0.15) is 0 Å². The van der Waals surface area contributed by atoms with E-state index in [0.29, 0.717) is 11.4 Å². The number of nitrogens with zero attached hydrogens (tertiary/aromatic N) is 1. The Balaban J connectivity index is 2.43. The van der Waals surface area contributed by atoms with Crippen LogP contribution in [0.5, 0.6) is 11.5 Å². The number of methoxy groups -OCH3 is 1. The molecule has 3 N–H and O–H groups in total. The molecule has 9 nitrogen and oxygen atoms in total. The highest BCUT2D eigenvalue weighted by molar-refractivity contribution is 5.99. The lowest BCUT2D eigenvalue weighted by molar-refractivity contribution is -0.141. The van der Waals surface area contributed by atoms with Crippen LogP contribution in [0.25, 0.3) is 0 Å². The number of hydrogen-bond acceptors (Lipinski definition) is 6. The highest BCUT2D eigenvalue weighted by atomic mass is 16.6. The third kappa shape index (κ3) is 7.63. The third-order valence-corrected chi connectivity index (χ3v) is 5.38. The molecule has 2 aromatic carbocycles. The van der Waals surface area contributed by atoms with Crippen molar-refractivity contribution >= 4 is 23.6 Å². The number of benzene rings is 2. The molecule has 2 atom stereocenters. The molecule has 2 aromatic rings. The van der Waals surface area contributed by atoms with Gasteiger partial charge in [-0.15, -0.1) is 0 Å². The van der Waals surface area contributed by atoms with Crippen molar-refractivity contribution in [2.75, 3.05) is 19.0 Å². The first kappa shape index (κ1) is 28.5. The standard InChI is InChI=1S/C27H37N3O6/c1-8-30(25(33)22(17(2)3)29-26(34)36-27(4,5)6)23(20-11-9-10-12-21(20)31)24(32)28-18-13-15-19(35-7)16-14-18/h9-17,22-23,31H,8H2,1-7H3,(H,28,32)(H,29,34). The van der Waals surface area contributed by atoms with E-state index in [9.17, 15) is 19.5 Å². The van der Waals surface area contributed by atoms with Crippen LogP contribution in [-0.2, 0) is 14.3 Å². The van der Waals surface area contributed by atoms with E-state index in [0.717, 1.165) is 0 Å². The van der Waals surface area contributed by atoms with Gasteiger partial charge in [0.1, 0.15) is 29.2 Å². The lowest BCUT2D eigenvalue weighted by Gasteiger charge is -2.35. The molecule has 196 valence electrons. The molecule has 3 amide bonds. The summed E-state index contributed by atoms with van der Waals surface area (Å²) < 4.78 is 10.5. The molecule has 0 aromatic heterocycles. The maximum absolute atomic E-state index is 13.8. The molecule has 0 saturated heterocycles. The fraction of sp³-hybridized carbons (Fsp3) is 0.444. The van der Waals surface area contributed by atoms with Crippen LogP contribution in [0.2, 0.25) is 0 Å². The van der Waals surface area contributed by atoms with Gasteiger partial charge in [-0.25, -0.2) is 4.79 Å². The molecule has 0 heterocycles. The maximum atomic E-state index is 13.8. The van der Waals surface area contributed by atoms with Gasteiger partial charge >= 0.3 is 6.09 Å². The van der Waals surface area contributed by atoms with E-state index < -0.39 is 35.6 Å². The molecule has 36 heavy (non-hydrogen) atoms. The van der Waals surface area contributed by atoms with Crippen LogP contribution >= 0.6 is 0 Å². The molecule has 0 fully saturated rings. The molecule has 2 rings (SSSR count). The first-order chi connectivity index (χ1) is 16.9. The monoisotopic (exact) mass is 499 g/mol. The van der Waals surface area contributed by atoms with Crippen LogP contribution in [0.4, 0.5) is 10.5 Å². The summed E-state index contributed by atoms with van der Waals surface area (Å²) in [4.78, 5) is 41.1. The molecule has 0 aliphatic heterocycles. The van der Waals surface area contributed by atoms with Crippen molar-refractivity contribution in [3.8, 4) is 11.5 Å². The summed E-state index contributed by atoms with van der Waals surface area (Å²) in [6, 6.07) is 11.0. The Kier molecular flexibility index (Phi) is 9.72. The van der Waals surface area contributed by atoms with Gasteiger partial charge in [0.25, 0.3) is 5.91 Å². The Morgan fingerprint density at radius 2 is 1.64 bits per heavy atom. The van der Waals surface area contributed by atoms with Crippen LogP contribution in [0, 0.1) is 5.92 Å². The van der Waals surface area contributed by atoms with E-state index in [4.69, 9.17) is 9.47 Å². The molecule has 9 heteroatoms. The summed E-state index contributed by atoms with van der Waals surface area (Å²) in [5.74, 6) is -0.787. The second-order valence-corrected chi connectivity index (χ2v) is 9.67. The van der Waals surface area contributed by atoms with Gasteiger partial charge in [0.15, 0.2) is 0 Å². The minimum Gasteiger partial charge on any atom is -0.508 e. The second-order valence-electron chi connectivity index (χ2n) is 9.67. The van der Waals surface area contributed by atoms with Crippen molar-refractivity contribution in [1.82, 2.24) is 10.2 Å². The second kappa shape index (κ2) is 12.3. The molecule has 0 aliphatic rings. The Morgan fingerprint density at radius 1 is 1.03 bits per heavy atom.